The normalized spacial score (nSPS) is 13.4. The quantitative estimate of drug-likeness (QED) is 0.545. The number of carboxylic acids is 1. The number of carboxylic acid groups (broad SMARTS) is 1. The van der Waals surface area contributed by atoms with Crippen molar-refractivity contribution >= 4 is 18.2 Å². The number of nitrogens with one attached hydrogen (secondary N) is 1. The molecule has 0 atom stereocenters. The van der Waals surface area contributed by atoms with Gasteiger partial charge in [-0.3, -0.25) is 9.59 Å². The van der Waals surface area contributed by atoms with Gasteiger partial charge in [-0.25, -0.2) is 4.99 Å². The zero-order valence-corrected chi connectivity index (χ0v) is 6.20. The Kier molecular flexibility index (Phi) is 4.72. The largest absolute Gasteiger partial charge is 0.481 e. The molecule has 0 aliphatic carbocycles. The lowest BCUT2D eigenvalue weighted by Crippen LogP contribution is -2.09. The molecule has 0 spiro atoms. The predicted octanol–water partition coefficient (Wildman–Crippen LogP) is -0.374. The lowest BCUT2D eigenvalue weighted by molar-refractivity contribution is -0.136. The van der Waals surface area contributed by atoms with E-state index in [2.05, 4.69) is 10.3 Å². The SMILES string of the molecule is CCC(=O)O.O=C1CNC=N1. The van der Waals surface area contributed by atoms with Gasteiger partial charge in [-0.15, -0.1) is 0 Å². The van der Waals surface area contributed by atoms with Gasteiger partial charge in [-0.1, -0.05) is 6.92 Å². The van der Waals surface area contributed by atoms with Crippen LogP contribution in [0.15, 0.2) is 4.99 Å². The summed E-state index contributed by atoms with van der Waals surface area (Å²) < 4.78 is 0. The maximum absolute atomic E-state index is 9.98. The molecule has 1 aliphatic rings. The number of aliphatic imine (C=N–C) groups is 1. The summed E-state index contributed by atoms with van der Waals surface area (Å²) in [6.07, 6.45) is 1.63. The van der Waals surface area contributed by atoms with Crippen molar-refractivity contribution < 1.29 is 14.7 Å². The minimum atomic E-state index is -0.745. The van der Waals surface area contributed by atoms with Gasteiger partial charge in [-0.05, 0) is 0 Å². The molecule has 5 heteroatoms. The van der Waals surface area contributed by atoms with Crippen LogP contribution in [-0.4, -0.2) is 29.9 Å². The van der Waals surface area contributed by atoms with Crippen LogP contribution in [0.4, 0.5) is 0 Å². The number of hydrogen-bond donors (Lipinski definition) is 2. The first-order valence-electron chi connectivity index (χ1n) is 3.17. The molecule has 0 saturated carbocycles. The third kappa shape index (κ3) is 6.50. The average molecular weight is 158 g/mol. The highest BCUT2D eigenvalue weighted by Crippen LogP contribution is 1.74. The third-order valence-electron chi connectivity index (χ3n) is 0.856. The Morgan fingerprint density at radius 3 is 2.55 bits per heavy atom. The van der Waals surface area contributed by atoms with E-state index in [9.17, 15) is 9.59 Å². The van der Waals surface area contributed by atoms with Gasteiger partial charge in [0.25, 0.3) is 5.91 Å². The van der Waals surface area contributed by atoms with Crippen molar-refractivity contribution in [2.75, 3.05) is 6.54 Å². The Hall–Kier alpha value is -1.39. The van der Waals surface area contributed by atoms with E-state index in [-0.39, 0.29) is 12.3 Å². The maximum atomic E-state index is 9.98. The molecule has 0 aromatic heterocycles. The van der Waals surface area contributed by atoms with Crippen LogP contribution in [0.5, 0.6) is 0 Å². The predicted molar refractivity (Wildman–Crippen MR) is 39.4 cm³/mol. The lowest BCUT2D eigenvalue weighted by atomic mass is 10.5. The van der Waals surface area contributed by atoms with Gasteiger partial charge in [0.05, 0.1) is 12.9 Å². The number of amides is 1. The van der Waals surface area contributed by atoms with Gasteiger partial charge in [-0.2, -0.15) is 0 Å². The number of hydrogen-bond acceptors (Lipinski definition) is 3. The molecule has 11 heavy (non-hydrogen) atoms. The Bertz CT molecular complexity index is 177. The van der Waals surface area contributed by atoms with E-state index in [0.717, 1.165) is 0 Å². The molecular formula is C6H10N2O3. The molecule has 0 bridgehead atoms. The van der Waals surface area contributed by atoms with Crippen molar-refractivity contribution in [1.29, 1.82) is 0 Å². The number of aliphatic carboxylic acids is 1. The molecule has 1 heterocycles. The molecular weight excluding hydrogens is 148 g/mol. The highest BCUT2D eigenvalue weighted by atomic mass is 16.4. The van der Waals surface area contributed by atoms with Crippen molar-refractivity contribution in [3.63, 3.8) is 0 Å². The first-order chi connectivity index (χ1) is 5.16. The fourth-order valence-corrected chi connectivity index (χ4v) is 0.296. The van der Waals surface area contributed by atoms with Crippen molar-refractivity contribution in [1.82, 2.24) is 5.32 Å². The van der Waals surface area contributed by atoms with E-state index < -0.39 is 5.97 Å². The van der Waals surface area contributed by atoms with E-state index in [1.165, 1.54) is 6.34 Å². The first kappa shape index (κ1) is 9.61. The standard InChI is InChI=1S/C3H4N2O.C3H6O2/c6-3-1-4-2-5-3;1-2-3(4)5/h2H,1H2,(H,4,5,6);2H2,1H3,(H,4,5). The second kappa shape index (κ2) is 5.40. The van der Waals surface area contributed by atoms with Crippen molar-refractivity contribution in [2.45, 2.75) is 13.3 Å². The van der Waals surface area contributed by atoms with Crippen LogP contribution >= 0.6 is 0 Å². The van der Waals surface area contributed by atoms with Gasteiger partial charge in [0.1, 0.15) is 0 Å². The summed E-state index contributed by atoms with van der Waals surface area (Å²) in [4.78, 5) is 22.7. The van der Waals surface area contributed by atoms with E-state index in [1.54, 1.807) is 6.92 Å². The summed E-state index contributed by atoms with van der Waals surface area (Å²) in [7, 11) is 0. The van der Waals surface area contributed by atoms with Crippen molar-refractivity contribution in [3.05, 3.63) is 0 Å². The van der Waals surface area contributed by atoms with E-state index in [0.29, 0.717) is 6.54 Å². The van der Waals surface area contributed by atoms with Crippen LogP contribution in [-0.2, 0) is 9.59 Å². The summed E-state index contributed by atoms with van der Waals surface area (Å²) in [5.41, 5.74) is 0. The zero-order chi connectivity index (χ0) is 8.69. The fourth-order valence-electron chi connectivity index (χ4n) is 0.296. The van der Waals surface area contributed by atoms with Crippen LogP contribution in [0.3, 0.4) is 0 Å². The fraction of sp³-hybridized carbons (Fsp3) is 0.500. The minimum Gasteiger partial charge on any atom is -0.481 e. The second-order valence-corrected chi connectivity index (χ2v) is 1.78. The highest BCUT2D eigenvalue weighted by molar-refractivity contribution is 5.91. The molecule has 1 aliphatic heterocycles. The van der Waals surface area contributed by atoms with E-state index >= 15 is 0 Å². The summed E-state index contributed by atoms with van der Waals surface area (Å²) in [5, 5.41) is 10.4. The lowest BCUT2D eigenvalue weighted by Gasteiger charge is -1.74. The van der Waals surface area contributed by atoms with Gasteiger partial charge >= 0.3 is 5.97 Å². The monoisotopic (exact) mass is 158 g/mol. The smallest absolute Gasteiger partial charge is 0.303 e. The van der Waals surface area contributed by atoms with Crippen molar-refractivity contribution in [2.24, 2.45) is 4.99 Å². The van der Waals surface area contributed by atoms with Gasteiger partial charge in [0, 0.05) is 6.42 Å². The maximum Gasteiger partial charge on any atom is 0.303 e. The topological polar surface area (TPSA) is 78.8 Å². The Balaban J connectivity index is 0.000000187. The number of carbonyl (C=O) groups excluding carboxylic acids is 1. The molecule has 0 aromatic carbocycles. The van der Waals surface area contributed by atoms with Gasteiger partial charge in [0.2, 0.25) is 0 Å². The molecule has 2 N–H and O–H groups in total. The minimum absolute atomic E-state index is 0.0880. The molecule has 62 valence electrons. The zero-order valence-electron chi connectivity index (χ0n) is 6.20. The van der Waals surface area contributed by atoms with Gasteiger partial charge < -0.3 is 10.4 Å². The van der Waals surface area contributed by atoms with E-state index in [1.807, 2.05) is 0 Å². The molecule has 5 nitrogen and oxygen atoms in total. The van der Waals surface area contributed by atoms with Gasteiger partial charge in [0.15, 0.2) is 0 Å². The Morgan fingerprint density at radius 2 is 2.45 bits per heavy atom. The molecule has 0 aromatic rings. The summed E-state index contributed by atoms with van der Waals surface area (Å²) in [5.74, 6) is -0.833. The molecule has 1 amide bonds. The van der Waals surface area contributed by atoms with Crippen molar-refractivity contribution in [3.8, 4) is 0 Å². The number of nitrogens with zero attached hydrogens (tertiary/aromatic N) is 1. The van der Waals surface area contributed by atoms with Crippen LogP contribution in [0.2, 0.25) is 0 Å². The third-order valence-corrected chi connectivity index (χ3v) is 0.856. The molecule has 0 fully saturated rings. The average Bonchev–Trinajstić information content (AvgIpc) is 2.41. The summed E-state index contributed by atoms with van der Waals surface area (Å²) >= 11 is 0. The van der Waals surface area contributed by atoms with Crippen LogP contribution in [0.1, 0.15) is 13.3 Å². The molecule has 0 saturated heterocycles. The molecule has 0 radical (unpaired) electrons. The molecule has 1 rings (SSSR count). The Labute approximate surface area is 64.1 Å². The Morgan fingerprint density at radius 1 is 1.91 bits per heavy atom. The second-order valence-electron chi connectivity index (χ2n) is 1.78. The van der Waals surface area contributed by atoms with E-state index in [4.69, 9.17) is 5.11 Å². The van der Waals surface area contributed by atoms with Crippen LogP contribution in [0.25, 0.3) is 0 Å². The number of carbonyl (C=O) groups is 2. The van der Waals surface area contributed by atoms with Crippen LogP contribution < -0.4 is 5.32 Å². The highest BCUT2D eigenvalue weighted by Gasteiger charge is 1.98. The first-order valence-corrected chi connectivity index (χ1v) is 3.17. The summed E-state index contributed by atoms with van der Waals surface area (Å²) in [6.45, 7) is 1.97. The number of rotatable bonds is 1. The summed E-state index contributed by atoms with van der Waals surface area (Å²) in [6, 6.07) is 0. The van der Waals surface area contributed by atoms with Crippen LogP contribution in [0, 0.1) is 0 Å². The molecule has 0 unspecified atom stereocenters.